The molecule has 4 aromatic heterocycles. The van der Waals surface area contributed by atoms with Crippen molar-refractivity contribution in [2.75, 3.05) is 0 Å². The Hall–Kier alpha value is -5.56. The number of nitrogens with zero attached hydrogens (tertiary/aromatic N) is 2. The van der Waals surface area contributed by atoms with Gasteiger partial charge in [-0.1, -0.05) is 125 Å². The molecule has 290 valence electrons. The van der Waals surface area contributed by atoms with Crippen molar-refractivity contribution < 1.29 is 9.59 Å². The smallest absolute Gasteiger partial charge is 0.263 e. The number of thiophene rings is 2. The predicted molar refractivity (Wildman–Crippen MR) is 247 cm³/mol. The molecule has 0 aliphatic carbocycles. The Bertz CT molecular complexity index is 2920. The number of carbonyl (C=O) groups is 2. The maximum absolute atomic E-state index is 15.2. The van der Waals surface area contributed by atoms with E-state index in [1.807, 2.05) is 57.7 Å². The molecule has 0 bridgehead atoms. The van der Waals surface area contributed by atoms with E-state index < -0.39 is 0 Å². The Morgan fingerprint density at radius 2 is 1.02 bits per heavy atom. The zero-order chi connectivity index (χ0) is 39.6. The summed E-state index contributed by atoms with van der Waals surface area (Å²) in [4.78, 5) is 33.8. The molecular formula is C52H48N2O2S2. The topological polar surface area (TPSA) is 44.0 Å². The highest BCUT2D eigenvalue weighted by atomic mass is 32.1. The fourth-order valence-electron chi connectivity index (χ4n) is 8.73. The zero-order valence-corrected chi connectivity index (χ0v) is 34.9. The van der Waals surface area contributed by atoms with E-state index in [2.05, 4.69) is 98.1 Å². The lowest BCUT2D eigenvalue weighted by Crippen LogP contribution is -2.15. The number of unbranched alkanes of at least 4 members (excludes halogenated alkanes) is 6. The Morgan fingerprint density at radius 1 is 0.466 bits per heavy atom. The number of aryl methyl sites for hydroxylation is 2. The van der Waals surface area contributed by atoms with E-state index >= 15 is 4.79 Å². The van der Waals surface area contributed by atoms with Gasteiger partial charge in [-0.3, -0.25) is 18.7 Å². The summed E-state index contributed by atoms with van der Waals surface area (Å²) >= 11 is 3.53. The molecule has 0 aliphatic rings. The molecule has 6 heteroatoms. The van der Waals surface area contributed by atoms with Crippen LogP contribution >= 0.6 is 22.7 Å². The number of hydrogen-bond acceptors (Lipinski definition) is 4. The van der Waals surface area contributed by atoms with Gasteiger partial charge < -0.3 is 0 Å². The molecule has 0 N–H and O–H groups in total. The SMILES string of the molecule is CCCCCCc1ccccc1C(=O)n1c2ccccc2c2cc3c(cc21)c1ccc(-c2ccc(-c4cccs4)s2)cc1n3C(=O)c1ccccc1CCCCCC. The van der Waals surface area contributed by atoms with Crippen molar-refractivity contribution in [2.24, 2.45) is 0 Å². The largest absolute Gasteiger partial charge is 0.276 e. The van der Waals surface area contributed by atoms with Gasteiger partial charge >= 0.3 is 0 Å². The average Bonchev–Trinajstić information content (AvgIpc) is 4.08. The molecule has 58 heavy (non-hydrogen) atoms. The van der Waals surface area contributed by atoms with Crippen LogP contribution in [0.2, 0.25) is 0 Å². The summed E-state index contributed by atoms with van der Waals surface area (Å²) in [7, 11) is 0. The first-order valence-corrected chi connectivity index (χ1v) is 22.7. The molecular weight excluding hydrogens is 749 g/mol. The van der Waals surface area contributed by atoms with Gasteiger partial charge in [0, 0.05) is 47.3 Å². The molecule has 0 saturated carbocycles. The normalized spacial score (nSPS) is 11.8. The number of hydrogen-bond donors (Lipinski definition) is 0. The molecule has 9 aromatic rings. The van der Waals surface area contributed by atoms with Crippen LogP contribution in [0.5, 0.6) is 0 Å². The third kappa shape index (κ3) is 7.03. The van der Waals surface area contributed by atoms with E-state index in [-0.39, 0.29) is 11.8 Å². The van der Waals surface area contributed by atoms with Gasteiger partial charge in [-0.15, -0.1) is 22.7 Å². The van der Waals surface area contributed by atoms with Crippen molar-refractivity contribution in [3.63, 3.8) is 0 Å². The van der Waals surface area contributed by atoms with Crippen LogP contribution in [0.4, 0.5) is 0 Å². The summed E-state index contributed by atoms with van der Waals surface area (Å²) in [6.45, 7) is 4.45. The summed E-state index contributed by atoms with van der Waals surface area (Å²) in [6.07, 6.45) is 10.9. The lowest BCUT2D eigenvalue weighted by atomic mass is 10.00. The third-order valence-corrected chi connectivity index (χ3v) is 13.9. The minimum Gasteiger partial charge on any atom is -0.276 e. The first-order valence-electron chi connectivity index (χ1n) is 21.0. The second-order valence-electron chi connectivity index (χ2n) is 15.5. The molecule has 5 aromatic carbocycles. The Morgan fingerprint density at radius 3 is 1.64 bits per heavy atom. The number of para-hydroxylation sites is 1. The fourth-order valence-corrected chi connectivity index (χ4v) is 10.6. The van der Waals surface area contributed by atoms with Crippen LogP contribution in [-0.4, -0.2) is 20.9 Å². The maximum Gasteiger partial charge on any atom is 0.263 e. The van der Waals surface area contributed by atoms with Gasteiger partial charge in [0.05, 0.1) is 22.1 Å². The molecule has 0 spiro atoms. The van der Waals surface area contributed by atoms with Gasteiger partial charge in [0.1, 0.15) is 0 Å². The first kappa shape index (κ1) is 38.0. The van der Waals surface area contributed by atoms with E-state index in [0.29, 0.717) is 0 Å². The summed E-state index contributed by atoms with van der Waals surface area (Å²) in [5.41, 5.74) is 8.20. The van der Waals surface area contributed by atoms with Gasteiger partial charge in [0.25, 0.3) is 11.8 Å². The number of rotatable bonds is 14. The average molecular weight is 797 g/mol. The minimum atomic E-state index is -0.0233. The first-order chi connectivity index (χ1) is 28.6. The number of benzene rings is 5. The number of carbonyl (C=O) groups excluding carboxylic acids is 2. The highest BCUT2D eigenvalue weighted by molar-refractivity contribution is 7.23. The van der Waals surface area contributed by atoms with Crippen LogP contribution in [0, 0.1) is 0 Å². The van der Waals surface area contributed by atoms with Crippen molar-refractivity contribution in [1.29, 1.82) is 0 Å². The fraction of sp³-hybridized carbons (Fsp3) is 0.231. The van der Waals surface area contributed by atoms with Gasteiger partial charge in [0.2, 0.25) is 0 Å². The lowest BCUT2D eigenvalue weighted by molar-refractivity contribution is 0.0960. The van der Waals surface area contributed by atoms with Gasteiger partial charge in [-0.05, 0) is 102 Å². The number of aromatic nitrogens is 2. The van der Waals surface area contributed by atoms with Gasteiger partial charge in [0.15, 0.2) is 0 Å². The van der Waals surface area contributed by atoms with E-state index in [1.165, 1.54) is 35.4 Å². The van der Waals surface area contributed by atoms with Crippen LogP contribution in [0.25, 0.3) is 63.8 Å². The Balaban J connectivity index is 1.25. The summed E-state index contributed by atoms with van der Waals surface area (Å²) < 4.78 is 3.86. The van der Waals surface area contributed by atoms with Crippen molar-refractivity contribution in [2.45, 2.75) is 78.1 Å². The van der Waals surface area contributed by atoms with Crippen LogP contribution in [0.1, 0.15) is 97.1 Å². The van der Waals surface area contributed by atoms with Crippen molar-refractivity contribution >= 4 is 78.1 Å². The summed E-state index contributed by atoms with van der Waals surface area (Å²) in [5, 5.41) is 6.02. The quantitative estimate of drug-likeness (QED) is 0.103. The molecule has 4 nitrogen and oxygen atoms in total. The van der Waals surface area contributed by atoms with E-state index in [9.17, 15) is 4.79 Å². The standard InChI is InChI=1S/C52H48N2O2S2/c1-3-5-7-9-18-35-20-11-13-22-38(35)51(55)53-44-25-16-15-24-40(44)42-33-47-43(34-46(42)53)41-28-27-37(48-29-30-50(58-48)49-26-17-31-57-49)32-45(41)54(47)52(56)39-23-14-12-21-36(39)19-10-8-6-4-2/h11-17,20-34H,3-10,18-19H2,1-2H3. The monoisotopic (exact) mass is 796 g/mol. The van der Waals surface area contributed by atoms with E-state index in [1.54, 1.807) is 22.7 Å². The van der Waals surface area contributed by atoms with Crippen LogP contribution in [-0.2, 0) is 12.8 Å². The van der Waals surface area contributed by atoms with Gasteiger partial charge in [-0.2, -0.15) is 0 Å². The zero-order valence-electron chi connectivity index (χ0n) is 33.3. The van der Waals surface area contributed by atoms with Crippen LogP contribution < -0.4 is 0 Å². The Labute approximate surface area is 348 Å². The van der Waals surface area contributed by atoms with Crippen molar-refractivity contribution in [3.05, 3.63) is 155 Å². The molecule has 4 heterocycles. The molecule has 0 aliphatic heterocycles. The highest BCUT2D eigenvalue weighted by Crippen LogP contribution is 2.41. The molecule has 9 rings (SSSR count). The molecule has 0 unspecified atom stereocenters. The lowest BCUT2D eigenvalue weighted by Gasteiger charge is -2.12. The summed E-state index contributed by atoms with van der Waals surface area (Å²) in [6, 6.07) is 44.0. The minimum absolute atomic E-state index is 0.0185. The predicted octanol–water partition coefficient (Wildman–Crippen LogP) is 15.0. The van der Waals surface area contributed by atoms with Crippen LogP contribution in [0.3, 0.4) is 0 Å². The maximum atomic E-state index is 15.2. The molecule has 0 fully saturated rings. The van der Waals surface area contributed by atoms with E-state index in [4.69, 9.17) is 0 Å². The second kappa shape index (κ2) is 16.7. The van der Waals surface area contributed by atoms with Crippen LogP contribution in [0.15, 0.2) is 133 Å². The summed E-state index contributed by atoms with van der Waals surface area (Å²) in [5.74, 6) is -0.0418. The molecule has 0 saturated heterocycles. The highest BCUT2D eigenvalue weighted by Gasteiger charge is 2.25. The van der Waals surface area contributed by atoms with Crippen molar-refractivity contribution in [3.8, 4) is 20.2 Å². The van der Waals surface area contributed by atoms with E-state index in [0.717, 1.165) is 115 Å². The second-order valence-corrected chi connectivity index (χ2v) is 17.5. The third-order valence-electron chi connectivity index (χ3n) is 11.7. The van der Waals surface area contributed by atoms with Gasteiger partial charge in [-0.25, -0.2) is 0 Å². The molecule has 0 amide bonds. The number of fused-ring (bicyclic) bond motifs is 6. The molecule has 0 atom stereocenters. The van der Waals surface area contributed by atoms with Crippen molar-refractivity contribution in [1.82, 2.24) is 9.13 Å². The Kier molecular flexibility index (Phi) is 11.0. The molecule has 0 radical (unpaired) electrons.